The summed E-state index contributed by atoms with van der Waals surface area (Å²) in [6.07, 6.45) is 2.41. The van der Waals surface area contributed by atoms with Gasteiger partial charge in [0.1, 0.15) is 0 Å². The van der Waals surface area contributed by atoms with Gasteiger partial charge in [-0.25, -0.2) is 0 Å². The number of aromatic nitrogens is 1. The average molecular weight is 358 g/mol. The van der Waals surface area contributed by atoms with E-state index in [-0.39, 0.29) is 5.78 Å². The van der Waals surface area contributed by atoms with Gasteiger partial charge in [0, 0.05) is 36.6 Å². The highest BCUT2D eigenvalue weighted by molar-refractivity contribution is 6.14. The van der Waals surface area contributed by atoms with Gasteiger partial charge in [-0.15, -0.1) is 0 Å². The fourth-order valence-electron chi connectivity index (χ4n) is 2.84. The lowest BCUT2D eigenvalue weighted by molar-refractivity contribution is -0.137. The molecule has 1 aromatic carbocycles. The Balaban J connectivity index is 1.88. The number of carbonyl (C=O) groups excluding carboxylic acids is 1. The molecule has 0 N–H and O–H groups in total. The normalized spacial score (nSPS) is 19.3. The number of pyridine rings is 1. The van der Waals surface area contributed by atoms with Crippen LogP contribution in [0, 0.1) is 0 Å². The summed E-state index contributed by atoms with van der Waals surface area (Å²) in [4.78, 5) is 18.7. The number of carbonyl (C=O) groups is 1. The fourth-order valence-corrected chi connectivity index (χ4v) is 2.84. The molecule has 1 aliphatic heterocycles. The average Bonchev–Trinajstić information content (AvgIpc) is 2.59. The number of Topliss-reactive ketones (excluding diaryl/α,β-unsaturated/α-hetero) is 1. The molecule has 0 amide bonds. The highest BCUT2D eigenvalue weighted by Gasteiger charge is 2.30. The van der Waals surface area contributed by atoms with Crippen molar-refractivity contribution < 1.29 is 18.0 Å². The van der Waals surface area contributed by atoms with Gasteiger partial charge in [-0.05, 0) is 54.6 Å². The molecule has 1 aromatic heterocycles. The molecule has 0 unspecified atom stereocenters. The molecule has 0 bridgehead atoms. The maximum Gasteiger partial charge on any atom is 0.416 e. The molecule has 26 heavy (non-hydrogen) atoms. The second-order valence-electron chi connectivity index (χ2n) is 6.24. The van der Waals surface area contributed by atoms with Crippen LogP contribution >= 0.6 is 0 Å². The van der Waals surface area contributed by atoms with Gasteiger partial charge in [-0.3, -0.25) is 14.7 Å². The van der Waals surface area contributed by atoms with E-state index < -0.39 is 11.7 Å². The summed E-state index contributed by atoms with van der Waals surface area (Å²) in [5, 5.41) is 0. The highest BCUT2D eigenvalue weighted by Crippen LogP contribution is 2.29. The van der Waals surface area contributed by atoms with Crippen LogP contribution in [0.25, 0.3) is 12.2 Å². The summed E-state index contributed by atoms with van der Waals surface area (Å²) < 4.78 is 38.0. The molecule has 3 rings (SSSR count). The number of benzene rings is 1. The van der Waals surface area contributed by atoms with E-state index in [1.165, 1.54) is 12.1 Å². The molecule has 0 saturated carbocycles. The van der Waals surface area contributed by atoms with E-state index in [1.54, 1.807) is 18.5 Å². The molecular formula is C20H17F3N2O. The Labute approximate surface area is 149 Å². The third-order valence-electron chi connectivity index (χ3n) is 4.09. The number of ketones is 1. The number of rotatable bonds is 2. The second kappa shape index (κ2) is 7.25. The summed E-state index contributed by atoms with van der Waals surface area (Å²) >= 11 is 0. The summed E-state index contributed by atoms with van der Waals surface area (Å²) in [5.74, 6) is -0.0835. The number of alkyl halides is 3. The Bertz CT molecular complexity index is 853. The van der Waals surface area contributed by atoms with Crippen molar-refractivity contribution in [2.75, 3.05) is 20.1 Å². The number of likely N-dealkylation sites (tertiary alicyclic amines) is 1. The predicted octanol–water partition coefficient (Wildman–Crippen LogP) is 4.08. The first kappa shape index (κ1) is 18.1. The maximum atomic E-state index is 12.7. The van der Waals surface area contributed by atoms with E-state index >= 15 is 0 Å². The lowest BCUT2D eigenvalue weighted by atomic mass is 9.94. The van der Waals surface area contributed by atoms with Gasteiger partial charge in [-0.2, -0.15) is 13.2 Å². The molecule has 0 spiro atoms. The zero-order valence-corrected chi connectivity index (χ0v) is 14.1. The first-order valence-corrected chi connectivity index (χ1v) is 8.04. The van der Waals surface area contributed by atoms with Gasteiger partial charge >= 0.3 is 6.18 Å². The third kappa shape index (κ3) is 4.26. The molecule has 2 heterocycles. The van der Waals surface area contributed by atoms with E-state index in [2.05, 4.69) is 4.98 Å². The van der Waals surface area contributed by atoms with Crippen LogP contribution in [0.5, 0.6) is 0 Å². The molecule has 0 atom stereocenters. The van der Waals surface area contributed by atoms with Gasteiger partial charge in [0.25, 0.3) is 0 Å². The Morgan fingerprint density at radius 3 is 1.92 bits per heavy atom. The lowest BCUT2D eigenvalue weighted by Crippen LogP contribution is -2.34. The van der Waals surface area contributed by atoms with E-state index in [9.17, 15) is 18.0 Å². The van der Waals surface area contributed by atoms with E-state index in [0.717, 1.165) is 17.7 Å². The fraction of sp³-hybridized carbons (Fsp3) is 0.200. The zero-order valence-electron chi connectivity index (χ0n) is 14.1. The Kier molecular flexibility index (Phi) is 5.04. The van der Waals surface area contributed by atoms with Crippen LogP contribution in [0.2, 0.25) is 0 Å². The number of piperidine rings is 1. The van der Waals surface area contributed by atoms with E-state index in [4.69, 9.17) is 0 Å². The van der Waals surface area contributed by atoms with Crippen molar-refractivity contribution in [3.05, 3.63) is 76.6 Å². The minimum absolute atomic E-state index is 0.0835. The largest absolute Gasteiger partial charge is 0.416 e. The van der Waals surface area contributed by atoms with Crippen LogP contribution in [0.4, 0.5) is 13.2 Å². The molecule has 134 valence electrons. The predicted molar refractivity (Wildman–Crippen MR) is 94.1 cm³/mol. The van der Waals surface area contributed by atoms with Crippen LogP contribution in [-0.2, 0) is 11.0 Å². The first-order valence-electron chi connectivity index (χ1n) is 8.04. The number of halogens is 3. The minimum Gasteiger partial charge on any atom is -0.298 e. The Hall–Kier alpha value is -2.73. The van der Waals surface area contributed by atoms with E-state index in [0.29, 0.717) is 29.8 Å². The molecule has 0 aliphatic carbocycles. The van der Waals surface area contributed by atoms with Crippen molar-refractivity contribution >= 4 is 17.9 Å². The summed E-state index contributed by atoms with van der Waals surface area (Å²) in [6.45, 7) is 0.971. The van der Waals surface area contributed by atoms with Crippen molar-refractivity contribution in [2.45, 2.75) is 6.18 Å². The van der Waals surface area contributed by atoms with Crippen molar-refractivity contribution in [3.8, 4) is 0 Å². The lowest BCUT2D eigenvalue weighted by Gasteiger charge is -2.26. The molecule has 0 radical (unpaired) electrons. The monoisotopic (exact) mass is 358 g/mol. The smallest absolute Gasteiger partial charge is 0.298 e. The molecule has 1 aliphatic rings. The van der Waals surface area contributed by atoms with Crippen molar-refractivity contribution in [3.63, 3.8) is 0 Å². The van der Waals surface area contributed by atoms with Crippen molar-refractivity contribution in [2.24, 2.45) is 0 Å². The van der Waals surface area contributed by atoms with Gasteiger partial charge in [-0.1, -0.05) is 12.1 Å². The molecule has 1 fully saturated rings. The number of hydrogen-bond acceptors (Lipinski definition) is 3. The Morgan fingerprint density at radius 2 is 1.42 bits per heavy atom. The van der Waals surface area contributed by atoms with Gasteiger partial charge < -0.3 is 0 Å². The molecule has 1 saturated heterocycles. The molecule has 3 nitrogen and oxygen atoms in total. The minimum atomic E-state index is -4.37. The van der Waals surface area contributed by atoms with E-state index in [1.807, 2.05) is 30.2 Å². The summed E-state index contributed by atoms with van der Waals surface area (Å²) in [7, 11) is 1.90. The van der Waals surface area contributed by atoms with Crippen molar-refractivity contribution in [1.29, 1.82) is 0 Å². The van der Waals surface area contributed by atoms with Gasteiger partial charge in [0.05, 0.1) is 5.56 Å². The van der Waals surface area contributed by atoms with Crippen LogP contribution in [0.3, 0.4) is 0 Å². The van der Waals surface area contributed by atoms with Crippen LogP contribution in [0.1, 0.15) is 16.7 Å². The molecule has 6 heteroatoms. The quantitative estimate of drug-likeness (QED) is 0.759. The summed E-state index contributed by atoms with van der Waals surface area (Å²) in [6, 6.07) is 8.43. The number of likely N-dealkylation sites (N-methyl/N-ethyl adjacent to an activating group) is 1. The first-order chi connectivity index (χ1) is 12.3. The standard InChI is InChI=1S/C20H17F3N2O/c1-25-12-16(10-14-2-4-18(5-3-14)20(21,22)23)19(26)17(13-25)11-15-6-8-24-9-7-15/h2-11H,12-13H2,1H3/b16-10+,17-11+. The van der Waals surface area contributed by atoms with Crippen molar-refractivity contribution in [1.82, 2.24) is 9.88 Å². The second-order valence-corrected chi connectivity index (χ2v) is 6.24. The highest BCUT2D eigenvalue weighted by atomic mass is 19.4. The van der Waals surface area contributed by atoms with Gasteiger partial charge in [0.15, 0.2) is 5.78 Å². The third-order valence-corrected chi connectivity index (χ3v) is 4.09. The van der Waals surface area contributed by atoms with Gasteiger partial charge in [0.2, 0.25) is 0 Å². The Morgan fingerprint density at radius 1 is 0.923 bits per heavy atom. The van der Waals surface area contributed by atoms with Crippen LogP contribution in [0.15, 0.2) is 59.9 Å². The summed E-state index contributed by atoms with van der Waals surface area (Å²) in [5.41, 5.74) is 1.94. The van der Waals surface area contributed by atoms with Crippen LogP contribution < -0.4 is 0 Å². The number of nitrogens with zero attached hydrogens (tertiary/aromatic N) is 2. The number of hydrogen-bond donors (Lipinski definition) is 0. The van der Waals surface area contributed by atoms with Crippen LogP contribution in [-0.4, -0.2) is 35.8 Å². The topological polar surface area (TPSA) is 33.2 Å². The zero-order chi connectivity index (χ0) is 18.7. The molecule has 2 aromatic rings. The SMILES string of the molecule is CN1C/C(=C\c2ccncc2)C(=O)/C(=C/c2ccc(C(F)(F)F)cc2)C1. The molecular weight excluding hydrogens is 341 g/mol. The maximum absolute atomic E-state index is 12.7.